The molecule has 0 amide bonds. The van der Waals surface area contributed by atoms with E-state index in [1.807, 2.05) is 0 Å². The van der Waals surface area contributed by atoms with Crippen LogP contribution < -0.4 is 5.32 Å². The molecule has 1 aromatic rings. The number of rotatable bonds is 3. The first-order chi connectivity index (χ1) is 7.81. The zero-order valence-corrected chi connectivity index (χ0v) is 11.2. The maximum absolute atomic E-state index is 9.33. The Morgan fingerprint density at radius 3 is 3.00 bits per heavy atom. The van der Waals surface area contributed by atoms with Crippen molar-refractivity contribution in [2.75, 3.05) is 11.9 Å². The van der Waals surface area contributed by atoms with Gasteiger partial charge in [-0.3, -0.25) is 0 Å². The average Bonchev–Trinajstić information content (AvgIpc) is 2.33. The third-order valence-electron chi connectivity index (χ3n) is 3.13. The van der Waals surface area contributed by atoms with Gasteiger partial charge in [-0.25, -0.2) is 9.97 Å². The molecule has 0 aliphatic heterocycles. The Labute approximate surface area is 109 Å². The molecule has 2 unspecified atom stereocenters. The van der Waals surface area contributed by atoms with Crippen LogP contribution in [0.2, 0.25) is 0 Å². The lowest BCUT2D eigenvalue weighted by Gasteiger charge is -2.31. The van der Waals surface area contributed by atoms with Crippen LogP contribution >= 0.6 is 22.6 Å². The fraction of sp³-hybridized carbons (Fsp3) is 0.636. The molecule has 4 nitrogen and oxygen atoms in total. The van der Waals surface area contributed by atoms with Crippen LogP contribution in [-0.2, 0) is 0 Å². The van der Waals surface area contributed by atoms with Gasteiger partial charge in [-0.1, -0.05) is 12.8 Å². The second-order valence-corrected chi connectivity index (χ2v) is 5.36. The highest BCUT2D eigenvalue weighted by Gasteiger charge is 2.24. The van der Waals surface area contributed by atoms with Crippen LogP contribution in [0.4, 0.5) is 5.82 Å². The van der Waals surface area contributed by atoms with E-state index in [2.05, 4.69) is 37.9 Å². The Hall–Kier alpha value is -0.430. The summed E-state index contributed by atoms with van der Waals surface area (Å²) in [6, 6.07) is 0.349. The number of aromatic nitrogens is 2. The maximum atomic E-state index is 9.33. The van der Waals surface area contributed by atoms with Crippen molar-refractivity contribution in [3.8, 4) is 0 Å². The summed E-state index contributed by atoms with van der Waals surface area (Å²) in [6.07, 6.45) is 8.04. The molecule has 0 spiro atoms. The number of nitrogens with zero attached hydrogens (tertiary/aromatic N) is 2. The van der Waals surface area contributed by atoms with Gasteiger partial charge in [0.2, 0.25) is 0 Å². The molecule has 0 radical (unpaired) electrons. The third-order valence-corrected chi connectivity index (χ3v) is 3.92. The summed E-state index contributed by atoms with van der Waals surface area (Å²) in [5, 5.41) is 12.8. The van der Waals surface area contributed by atoms with Gasteiger partial charge >= 0.3 is 0 Å². The summed E-state index contributed by atoms with van der Waals surface area (Å²) in [4.78, 5) is 8.20. The Balaban J connectivity index is 2.05. The molecule has 2 atom stereocenters. The topological polar surface area (TPSA) is 58.0 Å². The van der Waals surface area contributed by atoms with Crippen molar-refractivity contribution in [1.82, 2.24) is 9.97 Å². The van der Waals surface area contributed by atoms with Crippen LogP contribution in [-0.4, -0.2) is 27.7 Å². The largest absolute Gasteiger partial charge is 0.396 e. The fourth-order valence-electron chi connectivity index (χ4n) is 2.21. The number of aliphatic hydroxyl groups excluding tert-OH is 1. The second kappa shape index (κ2) is 5.77. The van der Waals surface area contributed by atoms with E-state index in [1.54, 1.807) is 12.5 Å². The van der Waals surface area contributed by atoms with Gasteiger partial charge in [-0.05, 0) is 35.4 Å². The molecule has 1 saturated carbocycles. The average molecular weight is 333 g/mol. The van der Waals surface area contributed by atoms with Gasteiger partial charge in [-0.15, -0.1) is 0 Å². The van der Waals surface area contributed by atoms with Crippen molar-refractivity contribution in [2.45, 2.75) is 31.7 Å². The maximum Gasteiger partial charge on any atom is 0.143 e. The zero-order chi connectivity index (χ0) is 11.4. The van der Waals surface area contributed by atoms with E-state index in [9.17, 15) is 5.11 Å². The van der Waals surface area contributed by atoms with Gasteiger partial charge in [0.1, 0.15) is 12.1 Å². The molecule has 1 aromatic heterocycles. The molecule has 2 N–H and O–H groups in total. The van der Waals surface area contributed by atoms with Crippen molar-refractivity contribution in [1.29, 1.82) is 0 Å². The SMILES string of the molecule is OCC1CCCCC1Nc1ncncc1I. The Bertz CT molecular complexity index is 348. The summed E-state index contributed by atoms with van der Waals surface area (Å²) in [5.74, 6) is 1.25. The molecule has 2 rings (SSSR count). The van der Waals surface area contributed by atoms with E-state index in [1.165, 1.54) is 12.8 Å². The van der Waals surface area contributed by atoms with Crippen LogP contribution in [0.15, 0.2) is 12.5 Å². The molecule has 1 aliphatic rings. The van der Waals surface area contributed by atoms with Crippen molar-refractivity contribution in [3.05, 3.63) is 16.1 Å². The molecule has 0 aromatic carbocycles. The summed E-state index contributed by atoms with van der Waals surface area (Å²) >= 11 is 2.23. The van der Waals surface area contributed by atoms with Crippen molar-refractivity contribution < 1.29 is 5.11 Å². The van der Waals surface area contributed by atoms with E-state index < -0.39 is 0 Å². The smallest absolute Gasteiger partial charge is 0.143 e. The highest BCUT2D eigenvalue weighted by molar-refractivity contribution is 14.1. The van der Waals surface area contributed by atoms with Gasteiger partial charge in [0.05, 0.1) is 3.57 Å². The van der Waals surface area contributed by atoms with Crippen LogP contribution in [0.25, 0.3) is 0 Å². The molecule has 16 heavy (non-hydrogen) atoms. The first kappa shape index (κ1) is 12.0. The summed E-state index contributed by atoms with van der Waals surface area (Å²) in [7, 11) is 0. The van der Waals surface area contributed by atoms with Gasteiger partial charge in [0, 0.05) is 24.8 Å². The standard InChI is InChI=1S/C11H16IN3O/c12-9-5-13-7-14-11(9)15-10-4-2-1-3-8(10)6-16/h5,7-8,10,16H,1-4,6H2,(H,13,14,15). The zero-order valence-electron chi connectivity index (χ0n) is 9.06. The van der Waals surface area contributed by atoms with E-state index in [4.69, 9.17) is 0 Å². The van der Waals surface area contributed by atoms with Crippen molar-refractivity contribution in [2.24, 2.45) is 5.92 Å². The van der Waals surface area contributed by atoms with Crippen molar-refractivity contribution >= 4 is 28.4 Å². The second-order valence-electron chi connectivity index (χ2n) is 4.20. The number of nitrogens with one attached hydrogen (secondary N) is 1. The lowest BCUT2D eigenvalue weighted by Crippen LogP contribution is -2.34. The first-order valence-electron chi connectivity index (χ1n) is 5.64. The predicted molar refractivity (Wildman–Crippen MR) is 71.2 cm³/mol. The van der Waals surface area contributed by atoms with Gasteiger partial charge in [-0.2, -0.15) is 0 Å². The number of aliphatic hydroxyl groups is 1. The van der Waals surface area contributed by atoms with E-state index >= 15 is 0 Å². The monoisotopic (exact) mass is 333 g/mol. The number of hydrogen-bond donors (Lipinski definition) is 2. The minimum Gasteiger partial charge on any atom is -0.396 e. The normalized spacial score (nSPS) is 25.4. The molecular weight excluding hydrogens is 317 g/mol. The van der Waals surface area contributed by atoms with Gasteiger partial charge < -0.3 is 10.4 Å². The Morgan fingerprint density at radius 2 is 2.25 bits per heavy atom. The number of halogens is 1. The van der Waals surface area contributed by atoms with E-state index in [0.717, 1.165) is 22.2 Å². The van der Waals surface area contributed by atoms with Gasteiger partial charge in [0.15, 0.2) is 0 Å². The molecule has 1 fully saturated rings. The lowest BCUT2D eigenvalue weighted by molar-refractivity contribution is 0.178. The highest BCUT2D eigenvalue weighted by Crippen LogP contribution is 2.27. The number of hydrogen-bond acceptors (Lipinski definition) is 4. The van der Waals surface area contributed by atoms with E-state index in [-0.39, 0.29) is 6.61 Å². The molecule has 1 aliphatic carbocycles. The summed E-state index contributed by atoms with van der Waals surface area (Å²) in [5.41, 5.74) is 0. The predicted octanol–water partition coefficient (Wildman–Crippen LogP) is 2.04. The first-order valence-corrected chi connectivity index (χ1v) is 6.72. The summed E-state index contributed by atoms with van der Waals surface area (Å²) < 4.78 is 1.03. The molecule has 0 saturated heterocycles. The number of anilines is 1. The molecule has 0 bridgehead atoms. The van der Waals surface area contributed by atoms with E-state index in [0.29, 0.717) is 12.0 Å². The van der Waals surface area contributed by atoms with Crippen LogP contribution in [0.3, 0.4) is 0 Å². The van der Waals surface area contributed by atoms with Crippen LogP contribution in [0.1, 0.15) is 25.7 Å². The fourth-order valence-corrected chi connectivity index (χ4v) is 2.67. The Kier molecular flexibility index (Phi) is 4.34. The molecular formula is C11H16IN3O. The lowest BCUT2D eigenvalue weighted by atomic mass is 9.85. The van der Waals surface area contributed by atoms with Crippen molar-refractivity contribution in [3.63, 3.8) is 0 Å². The summed E-state index contributed by atoms with van der Waals surface area (Å²) in [6.45, 7) is 0.263. The van der Waals surface area contributed by atoms with Crippen LogP contribution in [0, 0.1) is 9.49 Å². The minimum absolute atomic E-state index is 0.263. The quantitative estimate of drug-likeness (QED) is 0.832. The molecule has 1 heterocycles. The minimum atomic E-state index is 0.263. The third kappa shape index (κ3) is 2.82. The Morgan fingerprint density at radius 1 is 1.44 bits per heavy atom. The van der Waals surface area contributed by atoms with Crippen LogP contribution in [0.5, 0.6) is 0 Å². The molecule has 88 valence electrons. The molecule has 5 heteroatoms. The highest BCUT2D eigenvalue weighted by atomic mass is 127. The van der Waals surface area contributed by atoms with Gasteiger partial charge in [0.25, 0.3) is 0 Å².